The minimum absolute atomic E-state index is 0.372. The number of ether oxygens (including phenoxy) is 1. The Morgan fingerprint density at radius 2 is 2.42 bits per heavy atom. The van der Waals surface area contributed by atoms with E-state index in [4.69, 9.17) is 10.6 Å². The molecule has 0 saturated carbocycles. The molecule has 3 N–H and O–H groups in total. The summed E-state index contributed by atoms with van der Waals surface area (Å²) in [5, 5.41) is 0. The van der Waals surface area contributed by atoms with E-state index >= 15 is 0 Å². The fraction of sp³-hybridized carbons (Fsp3) is 0.143. The van der Waals surface area contributed by atoms with Gasteiger partial charge in [-0.3, -0.25) is 15.2 Å². The van der Waals surface area contributed by atoms with Crippen LogP contribution >= 0.6 is 0 Å². The summed E-state index contributed by atoms with van der Waals surface area (Å²) in [5.41, 5.74) is 2.37. The van der Waals surface area contributed by atoms with E-state index < -0.39 is 0 Å². The van der Waals surface area contributed by atoms with Crippen LogP contribution in [0.4, 0.5) is 0 Å². The number of hydrogen-bond donors (Lipinski definition) is 2. The predicted molar refractivity (Wildman–Crippen MR) is 42.4 cm³/mol. The van der Waals surface area contributed by atoms with Crippen molar-refractivity contribution < 1.29 is 9.53 Å². The molecule has 5 nitrogen and oxygen atoms in total. The lowest BCUT2D eigenvalue weighted by Crippen LogP contribution is -2.30. The number of nitrogens with one attached hydrogen (secondary N) is 1. The first-order chi connectivity index (χ1) is 5.77. The summed E-state index contributed by atoms with van der Waals surface area (Å²) in [7, 11) is 1.50. The summed E-state index contributed by atoms with van der Waals surface area (Å²) < 4.78 is 4.87. The quantitative estimate of drug-likeness (QED) is 0.360. The van der Waals surface area contributed by atoms with E-state index in [9.17, 15) is 4.79 Å². The molecule has 0 bridgehead atoms. The van der Waals surface area contributed by atoms with Crippen LogP contribution in [0.3, 0.4) is 0 Å². The Kier molecular flexibility index (Phi) is 2.60. The molecule has 0 aliphatic carbocycles. The molecule has 0 saturated heterocycles. The standard InChI is InChI=1S/C7H9N3O2/c1-12-6-2-5(3-9-4-6)7(11)10-8/h2-4H,8H2,1H3,(H,10,11). The Morgan fingerprint density at radius 3 is 3.00 bits per heavy atom. The Bertz CT molecular complexity index is 288. The first-order valence-electron chi connectivity index (χ1n) is 3.28. The second-order valence-electron chi connectivity index (χ2n) is 2.09. The van der Waals surface area contributed by atoms with Crippen molar-refractivity contribution in [3.8, 4) is 5.75 Å². The fourth-order valence-corrected chi connectivity index (χ4v) is 0.738. The maximum atomic E-state index is 10.9. The first-order valence-corrected chi connectivity index (χ1v) is 3.28. The fourth-order valence-electron chi connectivity index (χ4n) is 0.738. The van der Waals surface area contributed by atoms with Gasteiger partial charge in [0.1, 0.15) is 5.75 Å². The number of hydrazine groups is 1. The molecule has 0 atom stereocenters. The number of nitrogens with zero attached hydrogens (tertiary/aromatic N) is 1. The van der Waals surface area contributed by atoms with Gasteiger partial charge in [0.2, 0.25) is 0 Å². The van der Waals surface area contributed by atoms with E-state index in [1.807, 2.05) is 5.43 Å². The number of nitrogens with two attached hydrogens (primary N) is 1. The molecule has 1 aromatic heterocycles. The maximum absolute atomic E-state index is 10.9. The highest BCUT2D eigenvalue weighted by atomic mass is 16.5. The molecule has 0 unspecified atom stereocenters. The molecular formula is C7H9N3O2. The number of pyridine rings is 1. The van der Waals surface area contributed by atoms with Crippen molar-refractivity contribution in [3.05, 3.63) is 24.0 Å². The van der Waals surface area contributed by atoms with Crippen LogP contribution in [0, 0.1) is 0 Å². The average molecular weight is 167 g/mol. The lowest BCUT2D eigenvalue weighted by Gasteiger charge is -2.01. The summed E-state index contributed by atoms with van der Waals surface area (Å²) in [6, 6.07) is 1.55. The molecule has 0 aromatic carbocycles. The molecule has 0 spiro atoms. The summed E-state index contributed by atoms with van der Waals surface area (Å²) in [5.74, 6) is 5.06. The van der Waals surface area contributed by atoms with Crippen LogP contribution in [-0.4, -0.2) is 18.0 Å². The van der Waals surface area contributed by atoms with Gasteiger partial charge in [-0.05, 0) is 6.07 Å². The van der Waals surface area contributed by atoms with Crippen molar-refractivity contribution in [2.24, 2.45) is 5.84 Å². The van der Waals surface area contributed by atoms with E-state index in [0.717, 1.165) is 0 Å². The SMILES string of the molecule is COc1cncc(C(=O)NN)c1. The highest BCUT2D eigenvalue weighted by molar-refractivity contribution is 5.93. The van der Waals surface area contributed by atoms with E-state index in [1.165, 1.54) is 19.5 Å². The van der Waals surface area contributed by atoms with Crippen LogP contribution in [-0.2, 0) is 0 Å². The number of amides is 1. The van der Waals surface area contributed by atoms with Crippen LogP contribution < -0.4 is 16.0 Å². The third-order valence-corrected chi connectivity index (χ3v) is 1.34. The summed E-state index contributed by atoms with van der Waals surface area (Å²) >= 11 is 0. The van der Waals surface area contributed by atoms with Gasteiger partial charge in [0.05, 0.1) is 18.9 Å². The van der Waals surface area contributed by atoms with E-state index in [0.29, 0.717) is 11.3 Å². The zero-order valence-corrected chi connectivity index (χ0v) is 6.57. The van der Waals surface area contributed by atoms with Gasteiger partial charge in [0.25, 0.3) is 5.91 Å². The molecule has 12 heavy (non-hydrogen) atoms. The monoisotopic (exact) mass is 167 g/mol. The van der Waals surface area contributed by atoms with Gasteiger partial charge >= 0.3 is 0 Å². The van der Waals surface area contributed by atoms with Crippen LogP contribution in [0.5, 0.6) is 5.75 Å². The van der Waals surface area contributed by atoms with Crippen molar-refractivity contribution >= 4 is 5.91 Å². The number of carbonyl (C=O) groups excluding carboxylic acids is 1. The Balaban J connectivity index is 2.93. The lowest BCUT2D eigenvalue weighted by molar-refractivity contribution is 0.0953. The van der Waals surface area contributed by atoms with Gasteiger partial charge in [0, 0.05) is 6.20 Å². The number of hydrogen-bond acceptors (Lipinski definition) is 4. The average Bonchev–Trinajstić information content (AvgIpc) is 2.17. The molecule has 0 aliphatic heterocycles. The van der Waals surface area contributed by atoms with Crippen molar-refractivity contribution in [2.75, 3.05) is 7.11 Å². The Labute approximate surface area is 69.5 Å². The van der Waals surface area contributed by atoms with E-state index in [2.05, 4.69) is 4.98 Å². The predicted octanol–water partition coefficient (Wildman–Crippen LogP) is -0.306. The van der Waals surface area contributed by atoms with Gasteiger partial charge in [-0.2, -0.15) is 0 Å². The number of carbonyl (C=O) groups is 1. The molecule has 0 radical (unpaired) electrons. The number of rotatable bonds is 2. The normalized spacial score (nSPS) is 9.17. The highest BCUT2D eigenvalue weighted by Crippen LogP contribution is 2.09. The number of aromatic nitrogens is 1. The van der Waals surface area contributed by atoms with Gasteiger partial charge in [-0.1, -0.05) is 0 Å². The van der Waals surface area contributed by atoms with Crippen molar-refractivity contribution in [1.82, 2.24) is 10.4 Å². The minimum atomic E-state index is -0.388. The summed E-state index contributed by atoms with van der Waals surface area (Å²) in [6.45, 7) is 0. The first kappa shape index (κ1) is 8.48. The zero-order valence-electron chi connectivity index (χ0n) is 6.57. The van der Waals surface area contributed by atoms with Crippen molar-refractivity contribution in [3.63, 3.8) is 0 Å². The molecule has 0 aliphatic rings. The van der Waals surface area contributed by atoms with Crippen LogP contribution in [0.15, 0.2) is 18.5 Å². The van der Waals surface area contributed by atoms with Gasteiger partial charge in [-0.25, -0.2) is 5.84 Å². The van der Waals surface area contributed by atoms with Gasteiger partial charge in [0.15, 0.2) is 0 Å². The minimum Gasteiger partial charge on any atom is -0.495 e. The highest BCUT2D eigenvalue weighted by Gasteiger charge is 2.03. The Morgan fingerprint density at radius 1 is 1.67 bits per heavy atom. The molecule has 0 fully saturated rings. The topological polar surface area (TPSA) is 77.2 Å². The smallest absolute Gasteiger partial charge is 0.266 e. The summed E-state index contributed by atoms with van der Waals surface area (Å²) in [4.78, 5) is 14.7. The van der Waals surface area contributed by atoms with Crippen LogP contribution in [0.25, 0.3) is 0 Å². The molecule has 1 rings (SSSR count). The second kappa shape index (κ2) is 3.68. The van der Waals surface area contributed by atoms with Crippen molar-refractivity contribution in [2.45, 2.75) is 0 Å². The summed E-state index contributed by atoms with van der Waals surface area (Å²) in [6.07, 6.45) is 2.91. The van der Waals surface area contributed by atoms with E-state index in [1.54, 1.807) is 6.07 Å². The maximum Gasteiger partial charge on any atom is 0.266 e. The molecule has 64 valence electrons. The van der Waals surface area contributed by atoms with Crippen LogP contribution in [0.1, 0.15) is 10.4 Å². The largest absolute Gasteiger partial charge is 0.495 e. The third kappa shape index (κ3) is 1.70. The van der Waals surface area contributed by atoms with Crippen molar-refractivity contribution in [1.29, 1.82) is 0 Å². The molecule has 1 amide bonds. The molecule has 1 heterocycles. The van der Waals surface area contributed by atoms with E-state index in [-0.39, 0.29) is 5.91 Å². The zero-order chi connectivity index (χ0) is 8.97. The third-order valence-electron chi connectivity index (χ3n) is 1.34. The van der Waals surface area contributed by atoms with Gasteiger partial charge < -0.3 is 4.74 Å². The lowest BCUT2D eigenvalue weighted by atomic mass is 10.3. The number of methoxy groups -OCH3 is 1. The molecule has 1 aromatic rings. The molecular weight excluding hydrogens is 158 g/mol. The van der Waals surface area contributed by atoms with Crippen LogP contribution in [0.2, 0.25) is 0 Å². The Hall–Kier alpha value is -1.62. The number of nitrogen functional groups attached to an aromatic ring is 1. The second-order valence-corrected chi connectivity index (χ2v) is 2.09. The van der Waals surface area contributed by atoms with Gasteiger partial charge in [-0.15, -0.1) is 0 Å². The molecule has 5 heteroatoms.